The summed E-state index contributed by atoms with van der Waals surface area (Å²) in [5, 5.41) is 0. The predicted molar refractivity (Wildman–Crippen MR) is 75.2 cm³/mol. The first-order chi connectivity index (χ1) is 8.06. The van der Waals surface area contributed by atoms with E-state index in [4.69, 9.17) is 0 Å². The van der Waals surface area contributed by atoms with Gasteiger partial charge in [0.05, 0.1) is 0 Å². The molecule has 2 aliphatic rings. The fraction of sp³-hybridized carbons (Fsp3) is 1.00. The van der Waals surface area contributed by atoms with Crippen molar-refractivity contribution in [3.63, 3.8) is 0 Å². The molecule has 0 aliphatic heterocycles. The van der Waals surface area contributed by atoms with Gasteiger partial charge >= 0.3 is 0 Å². The number of hydrogen-bond donors (Lipinski definition) is 0. The van der Waals surface area contributed by atoms with E-state index in [2.05, 4.69) is 32.7 Å². The smallest absolute Gasteiger partial charge is 0.0236 e. The van der Waals surface area contributed by atoms with Gasteiger partial charge in [-0.2, -0.15) is 0 Å². The van der Waals surface area contributed by atoms with E-state index in [9.17, 15) is 0 Å². The Morgan fingerprint density at radius 3 is 2.00 bits per heavy atom. The van der Waals surface area contributed by atoms with Crippen LogP contribution in [0.2, 0.25) is 0 Å². The highest BCUT2D eigenvalue weighted by molar-refractivity contribution is 5.12. The Kier molecular flexibility index (Phi) is 3.87. The Balaban J connectivity index is 1.92. The third-order valence-electron chi connectivity index (χ3n) is 5.19. The maximum atomic E-state index is 2.75. The van der Waals surface area contributed by atoms with E-state index >= 15 is 0 Å². The minimum absolute atomic E-state index is 0.558. The lowest BCUT2D eigenvalue weighted by Crippen LogP contribution is -2.42. The fourth-order valence-corrected chi connectivity index (χ4v) is 4.07. The molecule has 100 valence electrons. The van der Waals surface area contributed by atoms with E-state index < -0.39 is 0 Å². The Morgan fingerprint density at radius 1 is 1.12 bits per heavy atom. The van der Waals surface area contributed by atoms with E-state index in [-0.39, 0.29) is 0 Å². The van der Waals surface area contributed by atoms with Crippen molar-refractivity contribution < 1.29 is 0 Å². The number of hydrogen-bond acceptors (Lipinski definition) is 1. The van der Waals surface area contributed by atoms with Crippen molar-refractivity contribution in [2.75, 3.05) is 13.6 Å². The van der Waals surface area contributed by atoms with Crippen molar-refractivity contribution in [1.82, 2.24) is 4.90 Å². The SMILES string of the molecule is CCCC(C)(CCC)CN(C)C1(C2CC2)CC1. The number of rotatable bonds is 8. The van der Waals surface area contributed by atoms with Crippen LogP contribution in [0, 0.1) is 11.3 Å². The first-order valence-corrected chi connectivity index (χ1v) is 7.77. The number of nitrogens with zero attached hydrogens (tertiary/aromatic N) is 1. The summed E-state index contributed by atoms with van der Waals surface area (Å²) < 4.78 is 0. The maximum Gasteiger partial charge on any atom is 0.0236 e. The van der Waals surface area contributed by atoms with E-state index in [0.29, 0.717) is 11.0 Å². The molecular weight excluding hydrogens is 206 g/mol. The van der Waals surface area contributed by atoms with Crippen molar-refractivity contribution in [2.45, 2.75) is 77.7 Å². The second-order valence-corrected chi connectivity index (χ2v) is 7.04. The lowest BCUT2D eigenvalue weighted by Gasteiger charge is -2.38. The molecule has 0 aromatic carbocycles. The van der Waals surface area contributed by atoms with Crippen LogP contribution >= 0.6 is 0 Å². The summed E-state index contributed by atoms with van der Waals surface area (Å²) in [6.45, 7) is 8.51. The van der Waals surface area contributed by atoms with Gasteiger partial charge in [0, 0.05) is 12.1 Å². The third kappa shape index (κ3) is 2.86. The molecule has 2 saturated carbocycles. The van der Waals surface area contributed by atoms with Crippen LogP contribution < -0.4 is 0 Å². The normalized spacial score (nSPS) is 23.1. The van der Waals surface area contributed by atoms with Crippen LogP contribution in [0.25, 0.3) is 0 Å². The van der Waals surface area contributed by atoms with Gasteiger partial charge in [-0.15, -0.1) is 0 Å². The van der Waals surface area contributed by atoms with Gasteiger partial charge in [-0.3, -0.25) is 4.90 Å². The van der Waals surface area contributed by atoms with Gasteiger partial charge in [-0.05, 0) is 56.9 Å². The fourth-order valence-electron chi connectivity index (χ4n) is 4.07. The molecule has 0 N–H and O–H groups in total. The molecule has 0 spiro atoms. The van der Waals surface area contributed by atoms with Gasteiger partial charge in [0.1, 0.15) is 0 Å². The zero-order chi connectivity index (χ0) is 12.5. The van der Waals surface area contributed by atoms with Crippen LogP contribution in [0.4, 0.5) is 0 Å². The molecule has 0 atom stereocenters. The lowest BCUT2D eigenvalue weighted by molar-refractivity contribution is 0.105. The zero-order valence-electron chi connectivity index (χ0n) is 12.4. The molecule has 0 aromatic rings. The average molecular weight is 237 g/mol. The summed E-state index contributed by atoms with van der Waals surface area (Å²) in [5.41, 5.74) is 1.21. The molecular formula is C16H31N. The predicted octanol–water partition coefficient (Wildman–Crippen LogP) is 4.47. The van der Waals surface area contributed by atoms with Gasteiger partial charge < -0.3 is 0 Å². The average Bonchev–Trinajstić information content (AvgIpc) is 3.11. The zero-order valence-corrected chi connectivity index (χ0v) is 12.4. The largest absolute Gasteiger partial charge is 0.300 e. The molecule has 17 heavy (non-hydrogen) atoms. The van der Waals surface area contributed by atoms with Crippen LogP contribution in [0.5, 0.6) is 0 Å². The topological polar surface area (TPSA) is 3.24 Å². The summed E-state index contributed by atoms with van der Waals surface area (Å²) in [6.07, 6.45) is 11.4. The van der Waals surface area contributed by atoms with Crippen molar-refractivity contribution in [1.29, 1.82) is 0 Å². The Labute approximate surface area is 108 Å². The van der Waals surface area contributed by atoms with E-state index in [1.165, 1.54) is 57.9 Å². The molecule has 1 nitrogen and oxygen atoms in total. The van der Waals surface area contributed by atoms with Gasteiger partial charge in [0.2, 0.25) is 0 Å². The summed E-state index contributed by atoms with van der Waals surface area (Å²) in [6, 6.07) is 0. The standard InChI is InChI=1S/C16H31N/c1-5-9-15(3,10-6-2)13-17(4)16(11-12-16)14-7-8-14/h14H,5-13H2,1-4H3. The maximum absolute atomic E-state index is 2.75. The van der Waals surface area contributed by atoms with Crippen molar-refractivity contribution >= 4 is 0 Å². The highest BCUT2D eigenvalue weighted by Gasteiger charge is 2.56. The van der Waals surface area contributed by atoms with Crippen LogP contribution in [-0.4, -0.2) is 24.0 Å². The quantitative estimate of drug-likeness (QED) is 0.602. The molecule has 0 saturated heterocycles. The summed E-state index contributed by atoms with van der Waals surface area (Å²) in [4.78, 5) is 2.75. The second-order valence-electron chi connectivity index (χ2n) is 7.04. The molecule has 0 radical (unpaired) electrons. The summed E-state index contributed by atoms with van der Waals surface area (Å²) >= 11 is 0. The van der Waals surface area contributed by atoms with Gasteiger partial charge in [-0.1, -0.05) is 33.6 Å². The molecule has 2 rings (SSSR count). The minimum atomic E-state index is 0.558. The second kappa shape index (κ2) is 4.91. The Bertz CT molecular complexity index is 244. The molecule has 0 amide bonds. The highest BCUT2D eigenvalue weighted by atomic mass is 15.2. The minimum Gasteiger partial charge on any atom is -0.300 e. The van der Waals surface area contributed by atoms with Crippen LogP contribution in [0.15, 0.2) is 0 Å². The molecule has 0 aromatic heterocycles. The van der Waals surface area contributed by atoms with Crippen LogP contribution in [0.1, 0.15) is 72.1 Å². The summed E-state index contributed by atoms with van der Waals surface area (Å²) in [5.74, 6) is 1.06. The van der Waals surface area contributed by atoms with Gasteiger partial charge in [-0.25, -0.2) is 0 Å². The van der Waals surface area contributed by atoms with Crippen molar-refractivity contribution in [3.05, 3.63) is 0 Å². The van der Waals surface area contributed by atoms with Crippen LogP contribution in [0.3, 0.4) is 0 Å². The van der Waals surface area contributed by atoms with Crippen molar-refractivity contribution in [3.8, 4) is 0 Å². The molecule has 2 aliphatic carbocycles. The third-order valence-corrected chi connectivity index (χ3v) is 5.19. The molecule has 0 heterocycles. The van der Waals surface area contributed by atoms with Gasteiger partial charge in [0.15, 0.2) is 0 Å². The monoisotopic (exact) mass is 237 g/mol. The Hall–Kier alpha value is -0.0400. The molecule has 1 heteroatoms. The van der Waals surface area contributed by atoms with E-state index in [0.717, 1.165) is 5.92 Å². The van der Waals surface area contributed by atoms with Crippen LogP contribution in [-0.2, 0) is 0 Å². The van der Waals surface area contributed by atoms with E-state index in [1.54, 1.807) is 0 Å². The first kappa shape index (κ1) is 13.4. The lowest BCUT2D eigenvalue weighted by atomic mass is 9.80. The summed E-state index contributed by atoms with van der Waals surface area (Å²) in [7, 11) is 2.40. The highest BCUT2D eigenvalue weighted by Crippen LogP contribution is 2.57. The Morgan fingerprint density at radius 2 is 1.65 bits per heavy atom. The van der Waals surface area contributed by atoms with Gasteiger partial charge in [0.25, 0.3) is 0 Å². The first-order valence-electron chi connectivity index (χ1n) is 7.77. The molecule has 0 bridgehead atoms. The van der Waals surface area contributed by atoms with E-state index in [1.807, 2.05) is 0 Å². The molecule has 0 unspecified atom stereocenters. The molecule has 2 fully saturated rings. The van der Waals surface area contributed by atoms with Crippen molar-refractivity contribution in [2.24, 2.45) is 11.3 Å².